The Balaban J connectivity index is 2.75. The molecule has 0 radical (unpaired) electrons. The molecule has 3 heteroatoms. The van der Waals surface area contributed by atoms with Gasteiger partial charge >= 0.3 is 0 Å². The van der Waals surface area contributed by atoms with Gasteiger partial charge in [-0.1, -0.05) is 11.6 Å². The van der Waals surface area contributed by atoms with E-state index in [-0.39, 0.29) is 0 Å². The smallest absolute Gasteiger partial charge is 0.121 e. The molecule has 2 aromatic rings. The summed E-state index contributed by atoms with van der Waals surface area (Å²) in [5.41, 5.74) is 0.956. The van der Waals surface area contributed by atoms with Crippen LogP contribution in [-0.2, 0) is 0 Å². The van der Waals surface area contributed by atoms with Crippen LogP contribution in [0, 0.1) is 0 Å². The Labute approximate surface area is 75.1 Å². The highest BCUT2D eigenvalue weighted by Crippen LogP contribution is 2.27. The third-order valence-corrected chi connectivity index (χ3v) is 2.12. The van der Waals surface area contributed by atoms with Gasteiger partial charge in [-0.25, -0.2) is 0 Å². The molecule has 2 nitrogen and oxygen atoms in total. The standard InChI is InChI=1S/C9H8ClNO/c1-12-7-4-6-2-3-11-9(6)8(10)5-7/h2-5,11H,1H3. The van der Waals surface area contributed by atoms with Crippen molar-refractivity contribution in [3.63, 3.8) is 0 Å². The molecule has 12 heavy (non-hydrogen) atoms. The van der Waals surface area contributed by atoms with Crippen LogP contribution in [0.3, 0.4) is 0 Å². The molecule has 0 fully saturated rings. The lowest BCUT2D eigenvalue weighted by atomic mass is 10.2. The van der Waals surface area contributed by atoms with Gasteiger partial charge in [0.1, 0.15) is 5.75 Å². The van der Waals surface area contributed by atoms with Crippen LogP contribution in [0.15, 0.2) is 24.4 Å². The van der Waals surface area contributed by atoms with E-state index in [4.69, 9.17) is 16.3 Å². The largest absolute Gasteiger partial charge is 0.497 e. The van der Waals surface area contributed by atoms with Crippen molar-refractivity contribution >= 4 is 22.5 Å². The Hall–Kier alpha value is -1.15. The van der Waals surface area contributed by atoms with E-state index in [0.29, 0.717) is 5.02 Å². The first-order valence-electron chi connectivity index (χ1n) is 3.62. The van der Waals surface area contributed by atoms with Gasteiger partial charge in [-0.05, 0) is 12.1 Å². The van der Waals surface area contributed by atoms with Crippen molar-refractivity contribution in [3.05, 3.63) is 29.4 Å². The minimum atomic E-state index is 0.689. The Kier molecular flexibility index (Phi) is 1.70. The zero-order valence-electron chi connectivity index (χ0n) is 6.60. The summed E-state index contributed by atoms with van der Waals surface area (Å²) in [6.45, 7) is 0. The summed E-state index contributed by atoms with van der Waals surface area (Å²) in [4.78, 5) is 3.05. The molecule has 0 aliphatic rings. The Morgan fingerprint density at radius 2 is 2.25 bits per heavy atom. The molecule has 0 amide bonds. The van der Waals surface area contributed by atoms with Crippen LogP contribution in [-0.4, -0.2) is 12.1 Å². The van der Waals surface area contributed by atoms with Gasteiger partial charge in [0.15, 0.2) is 0 Å². The van der Waals surface area contributed by atoms with Gasteiger partial charge in [0.05, 0.1) is 17.6 Å². The zero-order valence-corrected chi connectivity index (χ0v) is 7.35. The molecule has 0 saturated heterocycles. The molecule has 62 valence electrons. The van der Waals surface area contributed by atoms with Crippen molar-refractivity contribution in [1.29, 1.82) is 0 Å². The Morgan fingerprint density at radius 3 is 3.00 bits per heavy atom. The summed E-state index contributed by atoms with van der Waals surface area (Å²) in [5, 5.41) is 1.76. The van der Waals surface area contributed by atoms with Crippen molar-refractivity contribution < 1.29 is 4.74 Å². The van der Waals surface area contributed by atoms with Crippen molar-refractivity contribution in [2.75, 3.05) is 7.11 Å². The van der Waals surface area contributed by atoms with Gasteiger partial charge in [0.2, 0.25) is 0 Å². The molecule has 0 aliphatic heterocycles. The van der Waals surface area contributed by atoms with E-state index in [1.165, 1.54) is 0 Å². The first kappa shape index (κ1) is 7.50. The molecule has 0 saturated carbocycles. The molecule has 0 bridgehead atoms. The second-order valence-electron chi connectivity index (χ2n) is 2.55. The van der Waals surface area contributed by atoms with E-state index in [9.17, 15) is 0 Å². The molecule has 0 atom stereocenters. The quantitative estimate of drug-likeness (QED) is 0.719. The van der Waals surface area contributed by atoms with Crippen LogP contribution in [0.25, 0.3) is 10.9 Å². The topological polar surface area (TPSA) is 25.0 Å². The van der Waals surface area contributed by atoms with Crippen molar-refractivity contribution in [2.24, 2.45) is 0 Å². The maximum Gasteiger partial charge on any atom is 0.121 e. The number of hydrogen-bond acceptors (Lipinski definition) is 1. The molecule has 1 aromatic heterocycles. The van der Waals surface area contributed by atoms with Crippen LogP contribution in [0.4, 0.5) is 0 Å². The van der Waals surface area contributed by atoms with E-state index >= 15 is 0 Å². The van der Waals surface area contributed by atoms with Crippen LogP contribution in [0.2, 0.25) is 5.02 Å². The van der Waals surface area contributed by atoms with E-state index in [2.05, 4.69) is 4.98 Å². The van der Waals surface area contributed by atoms with Gasteiger partial charge in [-0.3, -0.25) is 0 Å². The highest BCUT2D eigenvalue weighted by atomic mass is 35.5. The second-order valence-corrected chi connectivity index (χ2v) is 2.96. The number of methoxy groups -OCH3 is 1. The summed E-state index contributed by atoms with van der Waals surface area (Å²) in [6.07, 6.45) is 1.86. The summed E-state index contributed by atoms with van der Waals surface area (Å²) in [6, 6.07) is 5.70. The Bertz CT molecular complexity index is 408. The minimum absolute atomic E-state index is 0.689. The normalized spacial score (nSPS) is 10.5. The van der Waals surface area contributed by atoms with Crippen molar-refractivity contribution in [3.8, 4) is 5.75 Å². The lowest BCUT2D eigenvalue weighted by Crippen LogP contribution is -1.82. The summed E-state index contributed by atoms with van der Waals surface area (Å²) >= 11 is 5.97. The molecule has 1 aromatic carbocycles. The van der Waals surface area contributed by atoms with Gasteiger partial charge in [-0.2, -0.15) is 0 Å². The van der Waals surface area contributed by atoms with Crippen molar-refractivity contribution in [1.82, 2.24) is 4.98 Å². The maximum atomic E-state index is 5.97. The lowest BCUT2D eigenvalue weighted by molar-refractivity contribution is 0.415. The third kappa shape index (κ3) is 1.04. The fourth-order valence-corrected chi connectivity index (χ4v) is 1.49. The van der Waals surface area contributed by atoms with Gasteiger partial charge < -0.3 is 9.72 Å². The molecule has 0 unspecified atom stereocenters. The van der Waals surface area contributed by atoms with Gasteiger partial charge in [0.25, 0.3) is 0 Å². The second kappa shape index (κ2) is 2.72. The number of rotatable bonds is 1. The average Bonchev–Trinajstić information content (AvgIpc) is 2.52. The number of nitrogens with one attached hydrogen (secondary N) is 1. The highest BCUT2D eigenvalue weighted by Gasteiger charge is 2.02. The van der Waals surface area contributed by atoms with Crippen LogP contribution < -0.4 is 4.74 Å². The first-order chi connectivity index (χ1) is 5.81. The Morgan fingerprint density at radius 1 is 1.42 bits per heavy atom. The van der Waals surface area contributed by atoms with Gasteiger partial charge in [-0.15, -0.1) is 0 Å². The number of halogens is 1. The zero-order chi connectivity index (χ0) is 8.55. The third-order valence-electron chi connectivity index (χ3n) is 1.82. The maximum absolute atomic E-state index is 5.97. The van der Waals surface area contributed by atoms with E-state index in [1.54, 1.807) is 13.2 Å². The number of benzene rings is 1. The van der Waals surface area contributed by atoms with Gasteiger partial charge in [0, 0.05) is 17.6 Å². The summed E-state index contributed by atoms with van der Waals surface area (Å²) in [7, 11) is 1.63. The average molecular weight is 182 g/mol. The van der Waals surface area contributed by atoms with Crippen LogP contribution in [0.5, 0.6) is 5.75 Å². The number of ether oxygens (including phenoxy) is 1. The van der Waals surface area contributed by atoms with E-state index in [0.717, 1.165) is 16.7 Å². The lowest BCUT2D eigenvalue weighted by Gasteiger charge is -2.00. The predicted octanol–water partition coefficient (Wildman–Crippen LogP) is 2.83. The fourth-order valence-electron chi connectivity index (χ4n) is 1.22. The summed E-state index contributed by atoms with van der Waals surface area (Å²) in [5.74, 6) is 0.784. The number of H-pyrrole nitrogens is 1. The highest BCUT2D eigenvalue weighted by molar-refractivity contribution is 6.35. The molecular weight excluding hydrogens is 174 g/mol. The summed E-state index contributed by atoms with van der Waals surface area (Å²) < 4.78 is 5.07. The number of hydrogen-bond donors (Lipinski definition) is 1. The minimum Gasteiger partial charge on any atom is -0.497 e. The fraction of sp³-hybridized carbons (Fsp3) is 0.111. The molecule has 0 spiro atoms. The van der Waals surface area contributed by atoms with E-state index in [1.807, 2.05) is 18.3 Å². The monoisotopic (exact) mass is 181 g/mol. The number of fused-ring (bicyclic) bond motifs is 1. The predicted molar refractivity (Wildman–Crippen MR) is 49.9 cm³/mol. The van der Waals surface area contributed by atoms with Crippen LogP contribution >= 0.6 is 11.6 Å². The van der Waals surface area contributed by atoms with E-state index < -0.39 is 0 Å². The number of aromatic nitrogens is 1. The molecule has 1 heterocycles. The molecule has 2 rings (SSSR count). The van der Waals surface area contributed by atoms with Crippen molar-refractivity contribution in [2.45, 2.75) is 0 Å². The molecular formula is C9H8ClNO. The molecule has 0 aliphatic carbocycles. The van der Waals surface area contributed by atoms with Crippen LogP contribution in [0.1, 0.15) is 0 Å². The number of aromatic amines is 1. The SMILES string of the molecule is COc1cc(Cl)c2[nH]ccc2c1. The first-order valence-corrected chi connectivity index (χ1v) is 3.99. The molecule has 1 N–H and O–H groups in total.